The number of urea groups is 1. The maximum absolute atomic E-state index is 11.3. The van der Waals surface area contributed by atoms with Crippen LogP contribution < -0.4 is 10.7 Å². The summed E-state index contributed by atoms with van der Waals surface area (Å²) in [7, 11) is 0. The van der Waals surface area contributed by atoms with Crippen molar-refractivity contribution in [3.8, 4) is 0 Å². The van der Waals surface area contributed by atoms with Crippen molar-refractivity contribution < 1.29 is 14.3 Å². The first-order valence-electron chi connectivity index (χ1n) is 5.73. The van der Waals surface area contributed by atoms with E-state index in [2.05, 4.69) is 22.4 Å². The molecule has 0 radical (unpaired) electrons. The van der Waals surface area contributed by atoms with Crippen LogP contribution in [0.5, 0.6) is 0 Å². The molecule has 0 aliphatic carbocycles. The first kappa shape index (κ1) is 12.6. The van der Waals surface area contributed by atoms with Crippen molar-refractivity contribution in [2.45, 2.75) is 32.6 Å². The third kappa shape index (κ3) is 4.37. The number of nitrogens with one attached hydrogen (secondary N) is 2. The fraction of sp³-hybridized carbons (Fsp3) is 0.800. The van der Waals surface area contributed by atoms with Gasteiger partial charge in [-0.25, -0.2) is 20.0 Å². The molecular formula is C10H19N3O3. The van der Waals surface area contributed by atoms with E-state index in [1.807, 2.05) is 0 Å². The van der Waals surface area contributed by atoms with Crippen LogP contribution in [0.25, 0.3) is 0 Å². The molecule has 3 amide bonds. The van der Waals surface area contributed by atoms with E-state index < -0.39 is 6.09 Å². The molecule has 1 fully saturated rings. The van der Waals surface area contributed by atoms with Gasteiger partial charge < -0.3 is 10.1 Å². The van der Waals surface area contributed by atoms with Gasteiger partial charge in [-0.3, -0.25) is 0 Å². The average molecular weight is 229 g/mol. The van der Waals surface area contributed by atoms with E-state index >= 15 is 0 Å². The van der Waals surface area contributed by atoms with Crippen LogP contribution in [0, 0.1) is 0 Å². The Hall–Kier alpha value is -1.46. The van der Waals surface area contributed by atoms with Gasteiger partial charge in [0.1, 0.15) is 6.61 Å². The molecule has 0 aromatic carbocycles. The number of unbranched alkanes of at least 4 members (excludes halogenated alkanes) is 3. The number of ether oxygens (including phenoxy) is 1. The minimum Gasteiger partial charge on any atom is -0.446 e. The minimum atomic E-state index is -0.499. The predicted octanol–water partition coefficient (Wildman–Crippen LogP) is 1.23. The van der Waals surface area contributed by atoms with Gasteiger partial charge in [0.2, 0.25) is 0 Å². The molecule has 0 aromatic rings. The molecule has 0 saturated carbocycles. The molecule has 0 bridgehead atoms. The molecule has 1 saturated heterocycles. The fourth-order valence-electron chi connectivity index (χ4n) is 1.41. The molecule has 6 heteroatoms. The van der Waals surface area contributed by atoms with E-state index in [0.717, 1.165) is 12.8 Å². The summed E-state index contributed by atoms with van der Waals surface area (Å²) in [6.07, 6.45) is 3.93. The summed E-state index contributed by atoms with van der Waals surface area (Å²) >= 11 is 0. The summed E-state index contributed by atoms with van der Waals surface area (Å²) in [5, 5.41) is 3.86. The highest BCUT2D eigenvalue weighted by Crippen LogP contribution is 1.99. The quantitative estimate of drug-likeness (QED) is 0.673. The van der Waals surface area contributed by atoms with E-state index in [1.54, 1.807) is 0 Å². The van der Waals surface area contributed by atoms with E-state index in [0.29, 0.717) is 19.7 Å². The molecule has 1 aliphatic rings. The number of hydrazine groups is 1. The van der Waals surface area contributed by atoms with Crippen LogP contribution in [0.1, 0.15) is 32.6 Å². The van der Waals surface area contributed by atoms with Crippen LogP contribution in [0.4, 0.5) is 9.59 Å². The summed E-state index contributed by atoms with van der Waals surface area (Å²) in [6, 6.07) is -0.352. The van der Waals surface area contributed by atoms with Crippen LogP contribution in [-0.2, 0) is 4.74 Å². The standard InChI is InChI=1S/C10H19N3O3/c1-2-3-4-5-6-11-9(14)12-13-7-8-16-10(13)15/h2-8H2,1H3,(H2,11,12,14). The normalized spacial score (nSPS) is 14.8. The van der Waals surface area contributed by atoms with Gasteiger partial charge in [0.05, 0.1) is 6.54 Å². The highest BCUT2D eigenvalue weighted by molar-refractivity contribution is 5.78. The molecule has 92 valence electrons. The van der Waals surface area contributed by atoms with Crippen LogP contribution in [-0.4, -0.2) is 36.8 Å². The maximum atomic E-state index is 11.3. The molecule has 16 heavy (non-hydrogen) atoms. The molecule has 1 aliphatic heterocycles. The monoisotopic (exact) mass is 229 g/mol. The van der Waals surface area contributed by atoms with Crippen LogP contribution in [0.2, 0.25) is 0 Å². The summed E-state index contributed by atoms with van der Waals surface area (Å²) in [4.78, 5) is 22.3. The second kappa shape index (κ2) is 6.92. The predicted molar refractivity (Wildman–Crippen MR) is 58.7 cm³/mol. The van der Waals surface area contributed by atoms with Crippen LogP contribution >= 0.6 is 0 Å². The van der Waals surface area contributed by atoms with Gasteiger partial charge in [-0.2, -0.15) is 0 Å². The number of carbonyl (C=O) groups excluding carboxylic acids is 2. The zero-order chi connectivity index (χ0) is 11.8. The van der Waals surface area contributed by atoms with Gasteiger partial charge in [0, 0.05) is 6.54 Å². The zero-order valence-corrected chi connectivity index (χ0v) is 9.62. The molecule has 1 rings (SSSR count). The van der Waals surface area contributed by atoms with E-state index in [1.165, 1.54) is 17.9 Å². The Morgan fingerprint density at radius 1 is 1.44 bits per heavy atom. The molecule has 0 aromatic heterocycles. The van der Waals surface area contributed by atoms with Gasteiger partial charge >= 0.3 is 12.1 Å². The Bertz CT molecular complexity index is 245. The largest absolute Gasteiger partial charge is 0.446 e. The number of hydrogen-bond acceptors (Lipinski definition) is 3. The van der Waals surface area contributed by atoms with Crippen molar-refractivity contribution in [2.75, 3.05) is 19.7 Å². The molecule has 1 heterocycles. The van der Waals surface area contributed by atoms with Crippen LogP contribution in [0.3, 0.4) is 0 Å². The summed E-state index contributed by atoms with van der Waals surface area (Å²) in [5.74, 6) is 0. The smallest absolute Gasteiger partial charge is 0.428 e. The first-order valence-corrected chi connectivity index (χ1v) is 5.73. The Morgan fingerprint density at radius 3 is 2.88 bits per heavy atom. The van der Waals surface area contributed by atoms with E-state index in [4.69, 9.17) is 0 Å². The van der Waals surface area contributed by atoms with Crippen molar-refractivity contribution in [2.24, 2.45) is 0 Å². The van der Waals surface area contributed by atoms with Gasteiger partial charge in [-0.05, 0) is 6.42 Å². The lowest BCUT2D eigenvalue weighted by atomic mass is 10.2. The molecule has 6 nitrogen and oxygen atoms in total. The Kier molecular flexibility index (Phi) is 5.45. The lowest BCUT2D eigenvalue weighted by Gasteiger charge is -2.14. The third-order valence-corrected chi connectivity index (χ3v) is 2.31. The summed E-state index contributed by atoms with van der Waals surface area (Å²) in [6.45, 7) is 3.51. The van der Waals surface area contributed by atoms with E-state index in [9.17, 15) is 9.59 Å². The van der Waals surface area contributed by atoms with Crippen molar-refractivity contribution in [1.29, 1.82) is 0 Å². The van der Waals surface area contributed by atoms with Crippen molar-refractivity contribution in [3.05, 3.63) is 0 Å². The molecule has 0 unspecified atom stereocenters. The lowest BCUT2D eigenvalue weighted by molar-refractivity contribution is 0.146. The number of amides is 3. The third-order valence-electron chi connectivity index (χ3n) is 2.31. The zero-order valence-electron chi connectivity index (χ0n) is 9.62. The van der Waals surface area contributed by atoms with Gasteiger partial charge in [-0.15, -0.1) is 0 Å². The SMILES string of the molecule is CCCCCCNC(=O)NN1CCOC1=O. The van der Waals surface area contributed by atoms with Gasteiger partial charge in [0.15, 0.2) is 0 Å². The second-order valence-electron chi connectivity index (χ2n) is 3.69. The molecule has 0 spiro atoms. The Balaban J connectivity index is 2.04. The average Bonchev–Trinajstić information content (AvgIpc) is 2.64. The maximum Gasteiger partial charge on any atom is 0.428 e. The van der Waals surface area contributed by atoms with Gasteiger partial charge in [0.25, 0.3) is 0 Å². The molecule has 0 atom stereocenters. The summed E-state index contributed by atoms with van der Waals surface area (Å²) in [5.41, 5.74) is 2.43. The van der Waals surface area contributed by atoms with Crippen molar-refractivity contribution in [1.82, 2.24) is 15.8 Å². The number of nitrogens with zero attached hydrogens (tertiary/aromatic N) is 1. The highest BCUT2D eigenvalue weighted by atomic mass is 16.6. The molecule has 2 N–H and O–H groups in total. The van der Waals surface area contributed by atoms with Crippen molar-refractivity contribution >= 4 is 12.1 Å². The number of cyclic esters (lactones) is 1. The highest BCUT2D eigenvalue weighted by Gasteiger charge is 2.23. The van der Waals surface area contributed by atoms with Gasteiger partial charge in [-0.1, -0.05) is 26.2 Å². The Labute approximate surface area is 95.3 Å². The van der Waals surface area contributed by atoms with Crippen molar-refractivity contribution in [3.63, 3.8) is 0 Å². The van der Waals surface area contributed by atoms with Crippen LogP contribution in [0.15, 0.2) is 0 Å². The van der Waals surface area contributed by atoms with E-state index in [-0.39, 0.29) is 6.03 Å². The molecular weight excluding hydrogens is 210 g/mol. The second-order valence-corrected chi connectivity index (χ2v) is 3.69. The number of hydrogen-bond donors (Lipinski definition) is 2. The topological polar surface area (TPSA) is 70.7 Å². The Morgan fingerprint density at radius 2 is 2.25 bits per heavy atom. The number of carbonyl (C=O) groups is 2. The number of rotatable bonds is 6. The first-order chi connectivity index (χ1) is 7.74. The fourth-order valence-corrected chi connectivity index (χ4v) is 1.41. The lowest BCUT2D eigenvalue weighted by Crippen LogP contribution is -2.47. The summed E-state index contributed by atoms with van der Waals surface area (Å²) < 4.78 is 4.67. The minimum absolute atomic E-state index is 0.329.